The molecule has 2 aromatic heterocycles. The third kappa shape index (κ3) is 4.55. The fraction of sp³-hybridized carbons (Fsp3) is 0.263. The third-order valence-corrected chi connectivity index (χ3v) is 5.90. The first-order valence-electron chi connectivity index (χ1n) is 8.21. The topological polar surface area (TPSA) is 36.4 Å². The molecular weight excluding hydrogens is 369 g/mol. The summed E-state index contributed by atoms with van der Waals surface area (Å²) in [4.78, 5) is 22.7. The van der Waals surface area contributed by atoms with Gasteiger partial charge in [-0.05, 0) is 31.6 Å². The molecule has 0 aliphatic heterocycles. The highest BCUT2D eigenvalue weighted by Crippen LogP contribution is 2.29. The second-order valence-corrected chi connectivity index (χ2v) is 8.11. The minimum absolute atomic E-state index is 0.115. The second kappa shape index (κ2) is 8.53. The first kappa shape index (κ1) is 18.7. The average Bonchev–Trinajstić information content (AvgIpc) is 3.30. The van der Waals surface area contributed by atoms with Crippen molar-refractivity contribution in [1.82, 2.24) is 14.8 Å². The van der Waals surface area contributed by atoms with Crippen molar-refractivity contribution in [2.45, 2.75) is 6.54 Å². The summed E-state index contributed by atoms with van der Waals surface area (Å²) in [6, 6.07) is 10.5. The van der Waals surface area contributed by atoms with E-state index in [1.807, 2.05) is 36.5 Å². The summed E-state index contributed by atoms with van der Waals surface area (Å²) in [6.45, 7) is 1.47. The Balaban J connectivity index is 1.81. The van der Waals surface area contributed by atoms with E-state index in [9.17, 15) is 9.18 Å². The molecule has 0 radical (unpaired) electrons. The monoisotopic (exact) mass is 389 g/mol. The van der Waals surface area contributed by atoms with Crippen LogP contribution in [-0.4, -0.2) is 47.9 Å². The van der Waals surface area contributed by atoms with Crippen LogP contribution in [0.15, 0.2) is 48.0 Å². The molecule has 0 spiro atoms. The van der Waals surface area contributed by atoms with Crippen molar-refractivity contribution in [3.05, 3.63) is 64.2 Å². The van der Waals surface area contributed by atoms with Crippen molar-refractivity contribution >= 4 is 28.6 Å². The molecule has 0 N–H and O–H groups in total. The predicted molar refractivity (Wildman–Crippen MR) is 105 cm³/mol. The Kier molecular flexibility index (Phi) is 6.13. The summed E-state index contributed by atoms with van der Waals surface area (Å²) in [5, 5.41) is 2.82. The number of carbonyl (C=O) groups excluding carboxylic acids is 1. The average molecular weight is 390 g/mol. The number of thiazole rings is 1. The molecule has 2 heterocycles. The molecule has 0 aliphatic rings. The molecular formula is C19H20FN3OS2. The number of rotatable bonds is 7. The minimum Gasteiger partial charge on any atom is -0.332 e. The molecule has 1 amide bonds. The summed E-state index contributed by atoms with van der Waals surface area (Å²) < 4.78 is 14.0. The van der Waals surface area contributed by atoms with E-state index in [1.54, 1.807) is 40.6 Å². The molecule has 0 bridgehead atoms. The molecule has 0 aliphatic carbocycles. The van der Waals surface area contributed by atoms with Gasteiger partial charge in [0, 0.05) is 25.2 Å². The third-order valence-electron chi connectivity index (χ3n) is 3.87. The van der Waals surface area contributed by atoms with Gasteiger partial charge in [0.05, 0.1) is 11.1 Å². The number of benzene rings is 1. The first-order valence-corrected chi connectivity index (χ1v) is 9.91. The van der Waals surface area contributed by atoms with Crippen LogP contribution in [0.5, 0.6) is 0 Å². The maximum absolute atomic E-state index is 14.0. The number of nitrogens with zero attached hydrogens (tertiary/aromatic N) is 3. The lowest BCUT2D eigenvalue weighted by Crippen LogP contribution is -2.36. The van der Waals surface area contributed by atoms with Crippen LogP contribution >= 0.6 is 22.7 Å². The molecule has 7 heteroatoms. The van der Waals surface area contributed by atoms with Crippen LogP contribution in [0.1, 0.15) is 15.2 Å². The predicted octanol–water partition coefficient (Wildman–Crippen LogP) is 4.21. The lowest BCUT2D eigenvalue weighted by Gasteiger charge is -2.24. The Labute approximate surface area is 160 Å². The molecule has 0 saturated heterocycles. The number of halogens is 1. The molecule has 4 nitrogen and oxygen atoms in total. The van der Waals surface area contributed by atoms with E-state index < -0.39 is 0 Å². The van der Waals surface area contributed by atoms with E-state index in [1.165, 1.54) is 17.4 Å². The summed E-state index contributed by atoms with van der Waals surface area (Å²) in [5.41, 5.74) is 0.516. The van der Waals surface area contributed by atoms with E-state index in [2.05, 4.69) is 4.98 Å². The number of thiophene rings is 1. The highest BCUT2D eigenvalue weighted by Gasteiger charge is 2.20. The summed E-state index contributed by atoms with van der Waals surface area (Å²) in [7, 11) is 3.90. The molecule has 0 saturated carbocycles. The van der Waals surface area contributed by atoms with Gasteiger partial charge in [-0.25, -0.2) is 9.37 Å². The number of hydrogen-bond acceptors (Lipinski definition) is 5. The fourth-order valence-corrected chi connectivity index (χ4v) is 4.14. The molecule has 3 aromatic rings. The minimum atomic E-state index is -0.293. The Morgan fingerprint density at radius 1 is 1.15 bits per heavy atom. The Morgan fingerprint density at radius 3 is 2.65 bits per heavy atom. The Hall–Kier alpha value is -2.09. The highest BCUT2D eigenvalue weighted by molar-refractivity contribution is 7.21. The van der Waals surface area contributed by atoms with E-state index in [0.29, 0.717) is 23.5 Å². The van der Waals surface area contributed by atoms with Crippen molar-refractivity contribution in [3.8, 4) is 9.88 Å². The van der Waals surface area contributed by atoms with Crippen LogP contribution in [0.2, 0.25) is 0 Å². The first-order chi connectivity index (χ1) is 12.5. The van der Waals surface area contributed by atoms with Crippen molar-refractivity contribution in [3.63, 3.8) is 0 Å². The lowest BCUT2D eigenvalue weighted by atomic mass is 10.2. The van der Waals surface area contributed by atoms with Gasteiger partial charge in [-0.1, -0.05) is 24.3 Å². The van der Waals surface area contributed by atoms with Crippen molar-refractivity contribution in [1.29, 1.82) is 0 Å². The molecule has 136 valence electrons. The van der Waals surface area contributed by atoms with Crippen molar-refractivity contribution in [2.75, 3.05) is 27.2 Å². The number of amides is 1. The molecule has 0 unspecified atom stereocenters. The molecule has 0 fully saturated rings. The van der Waals surface area contributed by atoms with Gasteiger partial charge in [0.2, 0.25) is 0 Å². The number of aromatic nitrogens is 1. The zero-order valence-corrected chi connectivity index (χ0v) is 16.3. The van der Waals surface area contributed by atoms with Crippen molar-refractivity contribution < 1.29 is 9.18 Å². The SMILES string of the molecule is CN(C)CCN(Cc1ccccc1F)C(=O)c1cnc(-c2cccs2)s1. The number of carbonyl (C=O) groups is 1. The number of hydrogen-bond donors (Lipinski definition) is 0. The Bertz CT molecular complexity index is 861. The quantitative estimate of drug-likeness (QED) is 0.607. The maximum atomic E-state index is 14.0. The maximum Gasteiger partial charge on any atom is 0.265 e. The van der Waals surface area contributed by atoms with Crippen LogP contribution in [0.3, 0.4) is 0 Å². The lowest BCUT2D eigenvalue weighted by molar-refractivity contribution is 0.0735. The summed E-state index contributed by atoms with van der Waals surface area (Å²) in [6.07, 6.45) is 1.62. The zero-order valence-electron chi connectivity index (χ0n) is 14.7. The zero-order chi connectivity index (χ0) is 18.5. The van der Waals surface area contributed by atoms with Gasteiger partial charge in [0.1, 0.15) is 15.7 Å². The van der Waals surface area contributed by atoms with Crippen LogP contribution < -0.4 is 0 Å². The van der Waals surface area contributed by atoms with Gasteiger partial charge in [0.25, 0.3) is 5.91 Å². The van der Waals surface area contributed by atoms with Crippen LogP contribution in [0.25, 0.3) is 9.88 Å². The van der Waals surface area contributed by atoms with Gasteiger partial charge in [-0.15, -0.1) is 22.7 Å². The molecule has 1 aromatic carbocycles. The van der Waals surface area contributed by atoms with E-state index >= 15 is 0 Å². The fourth-order valence-electron chi connectivity index (χ4n) is 2.45. The Morgan fingerprint density at radius 2 is 1.96 bits per heavy atom. The highest BCUT2D eigenvalue weighted by atomic mass is 32.1. The van der Waals surface area contributed by atoms with Gasteiger partial charge >= 0.3 is 0 Å². The van der Waals surface area contributed by atoms with E-state index in [-0.39, 0.29) is 18.3 Å². The van der Waals surface area contributed by atoms with Gasteiger partial charge in [0.15, 0.2) is 0 Å². The molecule has 26 heavy (non-hydrogen) atoms. The van der Waals surface area contributed by atoms with Gasteiger partial charge in [-0.3, -0.25) is 4.79 Å². The van der Waals surface area contributed by atoms with Crippen LogP contribution in [0, 0.1) is 5.82 Å². The molecule has 3 rings (SSSR count). The largest absolute Gasteiger partial charge is 0.332 e. The normalized spacial score (nSPS) is 11.1. The standard InChI is InChI=1S/C19H20FN3OS2/c1-22(2)9-10-23(13-14-6-3-4-7-15(14)20)19(24)17-12-21-18(26-17)16-8-5-11-25-16/h3-8,11-12H,9-10,13H2,1-2H3. The number of likely N-dealkylation sites (N-methyl/N-ethyl adjacent to an activating group) is 1. The van der Waals surface area contributed by atoms with E-state index in [0.717, 1.165) is 9.88 Å². The molecule has 0 atom stereocenters. The van der Waals surface area contributed by atoms with E-state index in [4.69, 9.17) is 0 Å². The second-order valence-electron chi connectivity index (χ2n) is 6.13. The smallest absolute Gasteiger partial charge is 0.265 e. The van der Waals surface area contributed by atoms with Crippen LogP contribution in [-0.2, 0) is 6.54 Å². The summed E-state index contributed by atoms with van der Waals surface area (Å²) >= 11 is 2.97. The van der Waals surface area contributed by atoms with Crippen LogP contribution in [0.4, 0.5) is 4.39 Å². The van der Waals surface area contributed by atoms with Crippen molar-refractivity contribution in [2.24, 2.45) is 0 Å². The van der Waals surface area contributed by atoms with Gasteiger partial charge in [-0.2, -0.15) is 0 Å². The summed E-state index contributed by atoms with van der Waals surface area (Å²) in [5.74, 6) is -0.408. The van der Waals surface area contributed by atoms with Gasteiger partial charge < -0.3 is 9.80 Å².